The molecule has 0 aliphatic rings. The van der Waals surface area contributed by atoms with E-state index in [0.29, 0.717) is 0 Å². The van der Waals surface area contributed by atoms with Crippen LogP contribution in [0.2, 0.25) is 0 Å². The highest BCUT2D eigenvalue weighted by Gasteiger charge is 2.09. The van der Waals surface area contributed by atoms with Crippen LogP contribution in [-0.2, 0) is 0 Å². The Morgan fingerprint density at radius 1 is 1.21 bits per heavy atom. The van der Waals surface area contributed by atoms with Gasteiger partial charge in [0, 0.05) is 29.7 Å². The Morgan fingerprint density at radius 3 is 3.11 bits per heavy atom. The molecule has 4 rings (SSSR count). The second kappa shape index (κ2) is 4.03. The maximum absolute atomic E-state index is 4.38. The van der Waals surface area contributed by atoms with Crippen LogP contribution < -0.4 is 0 Å². The number of nitrogens with zero attached hydrogens (tertiary/aromatic N) is 4. The lowest BCUT2D eigenvalue weighted by Crippen LogP contribution is -1.96. The summed E-state index contributed by atoms with van der Waals surface area (Å²) >= 11 is 1.50. The van der Waals surface area contributed by atoms with Gasteiger partial charge in [-0.15, -0.1) is 0 Å². The number of fused-ring (bicyclic) bond motifs is 1. The van der Waals surface area contributed by atoms with E-state index in [4.69, 9.17) is 0 Å². The molecule has 1 aromatic carbocycles. The monoisotopic (exact) mass is 267 g/mol. The highest BCUT2D eigenvalue weighted by atomic mass is 32.1. The van der Waals surface area contributed by atoms with Crippen LogP contribution in [0.25, 0.3) is 27.3 Å². The topological polar surface area (TPSA) is 59.4 Å². The third-order valence-electron chi connectivity index (χ3n) is 2.99. The summed E-state index contributed by atoms with van der Waals surface area (Å²) in [7, 11) is 0. The predicted molar refractivity (Wildman–Crippen MR) is 74.3 cm³/mol. The summed E-state index contributed by atoms with van der Waals surface area (Å²) in [6, 6.07) is 6.27. The minimum absolute atomic E-state index is 0.847. The first-order valence-corrected chi connectivity index (χ1v) is 6.56. The Labute approximate surface area is 112 Å². The standard InChI is InChI=1S/C13H9N5S/c1-2-12-9(6-17-19-12)5-10(1)18-4-3-15-13(18)11-7-14-8-16-11/h1-8H,(H,14,16). The van der Waals surface area contributed by atoms with Crippen molar-refractivity contribution in [2.75, 3.05) is 0 Å². The zero-order valence-corrected chi connectivity index (χ0v) is 10.6. The van der Waals surface area contributed by atoms with Gasteiger partial charge in [0.05, 0.1) is 17.2 Å². The molecule has 0 spiro atoms. The second-order valence-corrected chi connectivity index (χ2v) is 4.97. The molecule has 4 aromatic rings. The molecule has 0 saturated heterocycles. The van der Waals surface area contributed by atoms with Crippen LogP contribution in [0.5, 0.6) is 0 Å². The Hall–Kier alpha value is -2.47. The number of aromatic amines is 1. The molecule has 0 fully saturated rings. The van der Waals surface area contributed by atoms with Crippen molar-refractivity contribution in [1.82, 2.24) is 23.9 Å². The van der Waals surface area contributed by atoms with E-state index >= 15 is 0 Å². The zero-order chi connectivity index (χ0) is 12.7. The van der Waals surface area contributed by atoms with Gasteiger partial charge in [-0.3, -0.25) is 4.57 Å². The minimum Gasteiger partial charge on any atom is -0.342 e. The van der Waals surface area contributed by atoms with Crippen molar-refractivity contribution < 1.29 is 0 Å². The molecule has 0 radical (unpaired) electrons. The molecule has 0 aliphatic carbocycles. The quantitative estimate of drug-likeness (QED) is 0.607. The summed E-state index contributed by atoms with van der Waals surface area (Å²) < 4.78 is 7.42. The molecule has 19 heavy (non-hydrogen) atoms. The van der Waals surface area contributed by atoms with E-state index in [1.165, 1.54) is 16.2 Å². The minimum atomic E-state index is 0.847. The lowest BCUT2D eigenvalue weighted by atomic mass is 10.2. The Bertz CT molecular complexity index is 828. The summed E-state index contributed by atoms with van der Waals surface area (Å²) in [5.41, 5.74) is 1.96. The summed E-state index contributed by atoms with van der Waals surface area (Å²) in [6.45, 7) is 0. The largest absolute Gasteiger partial charge is 0.342 e. The average molecular weight is 267 g/mol. The van der Waals surface area contributed by atoms with E-state index in [1.54, 1.807) is 18.7 Å². The second-order valence-electron chi connectivity index (χ2n) is 4.13. The zero-order valence-electron chi connectivity index (χ0n) is 9.82. The smallest absolute Gasteiger partial charge is 0.162 e. The van der Waals surface area contributed by atoms with Crippen molar-refractivity contribution in [3.05, 3.63) is 49.3 Å². The lowest BCUT2D eigenvalue weighted by molar-refractivity contribution is 1.06. The van der Waals surface area contributed by atoms with Gasteiger partial charge in [-0.1, -0.05) is 0 Å². The summed E-state index contributed by atoms with van der Waals surface area (Å²) in [5, 5.41) is 1.15. The van der Waals surface area contributed by atoms with Crippen LogP contribution in [0.4, 0.5) is 0 Å². The van der Waals surface area contributed by atoms with Crippen molar-refractivity contribution in [3.8, 4) is 17.2 Å². The van der Waals surface area contributed by atoms with Crippen LogP contribution in [-0.4, -0.2) is 23.9 Å². The molecular formula is C13H9N5S. The van der Waals surface area contributed by atoms with Gasteiger partial charge < -0.3 is 4.98 Å². The van der Waals surface area contributed by atoms with Gasteiger partial charge >= 0.3 is 0 Å². The fourth-order valence-electron chi connectivity index (χ4n) is 2.10. The molecule has 3 aromatic heterocycles. The molecule has 0 unspecified atom stereocenters. The molecule has 92 valence electrons. The normalized spacial score (nSPS) is 11.2. The number of imidazole rings is 2. The number of H-pyrrole nitrogens is 1. The highest BCUT2D eigenvalue weighted by Crippen LogP contribution is 2.24. The third kappa shape index (κ3) is 1.65. The Morgan fingerprint density at radius 2 is 2.21 bits per heavy atom. The van der Waals surface area contributed by atoms with Crippen LogP contribution in [0.15, 0.2) is 49.3 Å². The maximum atomic E-state index is 4.38. The molecule has 3 heterocycles. The Balaban J connectivity index is 1.90. The van der Waals surface area contributed by atoms with Crippen molar-refractivity contribution in [1.29, 1.82) is 0 Å². The van der Waals surface area contributed by atoms with Crippen molar-refractivity contribution >= 4 is 21.6 Å². The molecule has 0 amide bonds. The molecule has 0 saturated carbocycles. The van der Waals surface area contributed by atoms with Gasteiger partial charge in [-0.2, -0.15) is 4.37 Å². The molecule has 6 heteroatoms. The van der Waals surface area contributed by atoms with Crippen LogP contribution in [0, 0.1) is 0 Å². The van der Waals surface area contributed by atoms with E-state index in [1.807, 2.05) is 17.0 Å². The number of aromatic nitrogens is 5. The predicted octanol–water partition coefficient (Wildman–Crippen LogP) is 2.87. The first kappa shape index (κ1) is 10.5. The molecular weight excluding hydrogens is 258 g/mol. The van der Waals surface area contributed by atoms with Crippen LogP contribution in [0.1, 0.15) is 0 Å². The summed E-state index contributed by atoms with van der Waals surface area (Å²) in [5.74, 6) is 0.847. The van der Waals surface area contributed by atoms with Crippen LogP contribution >= 0.6 is 11.5 Å². The summed E-state index contributed by atoms with van der Waals surface area (Å²) in [6.07, 6.45) is 9.03. The summed E-state index contributed by atoms with van der Waals surface area (Å²) in [4.78, 5) is 11.5. The van der Waals surface area contributed by atoms with Gasteiger partial charge in [-0.25, -0.2) is 9.97 Å². The van der Waals surface area contributed by atoms with Crippen molar-refractivity contribution in [2.45, 2.75) is 0 Å². The molecule has 5 nitrogen and oxygen atoms in total. The van der Waals surface area contributed by atoms with E-state index < -0.39 is 0 Å². The molecule has 0 bridgehead atoms. The van der Waals surface area contributed by atoms with Gasteiger partial charge in [0.1, 0.15) is 5.69 Å². The van der Waals surface area contributed by atoms with Gasteiger partial charge in [-0.05, 0) is 29.7 Å². The first-order valence-electron chi connectivity index (χ1n) is 5.79. The van der Waals surface area contributed by atoms with E-state index in [9.17, 15) is 0 Å². The Kier molecular flexibility index (Phi) is 2.22. The molecule has 1 N–H and O–H groups in total. The number of hydrogen-bond acceptors (Lipinski definition) is 4. The molecule has 0 atom stereocenters. The fourth-order valence-corrected chi connectivity index (χ4v) is 2.72. The highest BCUT2D eigenvalue weighted by molar-refractivity contribution is 7.13. The number of benzene rings is 1. The third-order valence-corrected chi connectivity index (χ3v) is 3.77. The number of hydrogen-bond donors (Lipinski definition) is 1. The van der Waals surface area contributed by atoms with E-state index in [0.717, 1.165) is 22.6 Å². The first-order chi connectivity index (χ1) is 9.42. The maximum Gasteiger partial charge on any atom is 0.162 e. The van der Waals surface area contributed by atoms with E-state index in [2.05, 4.69) is 37.5 Å². The number of rotatable bonds is 2. The fraction of sp³-hybridized carbons (Fsp3) is 0. The van der Waals surface area contributed by atoms with Crippen molar-refractivity contribution in [3.63, 3.8) is 0 Å². The van der Waals surface area contributed by atoms with Gasteiger partial charge in [0.25, 0.3) is 0 Å². The van der Waals surface area contributed by atoms with E-state index in [-0.39, 0.29) is 0 Å². The van der Waals surface area contributed by atoms with Crippen molar-refractivity contribution in [2.24, 2.45) is 0 Å². The van der Waals surface area contributed by atoms with Gasteiger partial charge in [0.15, 0.2) is 5.82 Å². The average Bonchev–Trinajstić information content (AvgIpc) is 3.18. The SMILES string of the molecule is c1cn(-c2ccc3sncc3c2)c(-c2cnc[nH]2)n1. The molecule has 0 aliphatic heterocycles. The lowest BCUT2D eigenvalue weighted by Gasteiger charge is -2.06. The van der Waals surface area contributed by atoms with Crippen LogP contribution in [0.3, 0.4) is 0 Å². The number of nitrogens with one attached hydrogen (secondary N) is 1. The van der Waals surface area contributed by atoms with Gasteiger partial charge in [0.2, 0.25) is 0 Å².